The number of amides is 3. The van der Waals surface area contributed by atoms with Gasteiger partial charge in [0, 0.05) is 24.3 Å². The topological polar surface area (TPSA) is 96.3 Å². The number of halogens is 2. The van der Waals surface area contributed by atoms with E-state index in [2.05, 4.69) is 15.7 Å². The molecule has 0 atom stereocenters. The van der Waals surface area contributed by atoms with Crippen molar-refractivity contribution in [2.24, 2.45) is 0 Å². The summed E-state index contributed by atoms with van der Waals surface area (Å²) >= 11 is 6.27. The molecule has 2 heterocycles. The van der Waals surface area contributed by atoms with Crippen molar-refractivity contribution in [1.82, 2.24) is 20.0 Å². The molecule has 0 radical (unpaired) electrons. The second-order valence-electron chi connectivity index (χ2n) is 9.22. The molecule has 3 aromatic rings. The van der Waals surface area contributed by atoms with Gasteiger partial charge >= 0.3 is 0 Å². The van der Waals surface area contributed by atoms with E-state index < -0.39 is 17.4 Å². The van der Waals surface area contributed by atoms with Crippen LogP contribution in [0.2, 0.25) is 5.02 Å². The number of benzene rings is 2. The fraction of sp³-hybridized carbons (Fsp3) is 0.280. The number of nitrogens with zero attached hydrogens (tertiary/aromatic N) is 3. The van der Waals surface area contributed by atoms with E-state index in [0.717, 1.165) is 0 Å². The summed E-state index contributed by atoms with van der Waals surface area (Å²) in [6, 6.07) is 10.4. The van der Waals surface area contributed by atoms with Crippen LogP contribution >= 0.6 is 11.6 Å². The Hall–Kier alpha value is -3.72. The fourth-order valence-corrected chi connectivity index (χ4v) is 4.05. The van der Waals surface area contributed by atoms with E-state index in [1.165, 1.54) is 35.4 Å². The Morgan fingerprint density at radius 1 is 1.11 bits per heavy atom. The minimum Gasteiger partial charge on any atom is -0.353 e. The van der Waals surface area contributed by atoms with Crippen molar-refractivity contribution in [2.75, 3.05) is 25.0 Å². The molecule has 182 valence electrons. The van der Waals surface area contributed by atoms with Crippen molar-refractivity contribution < 1.29 is 18.8 Å². The second-order valence-corrected chi connectivity index (χ2v) is 9.63. The molecule has 35 heavy (non-hydrogen) atoms. The number of carbonyl (C=O) groups excluding carboxylic acids is 3. The lowest BCUT2D eigenvalue weighted by Crippen LogP contribution is -2.50. The molecule has 4 rings (SSSR count). The Morgan fingerprint density at radius 2 is 1.83 bits per heavy atom. The molecule has 8 nitrogen and oxygen atoms in total. The van der Waals surface area contributed by atoms with Crippen molar-refractivity contribution >= 4 is 35.0 Å². The first-order valence-corrected chi connectivity index (χ1v) is 11.4. The van der Waals surface area contributed by atoms with Gasteiger partial charge in [-0.3, -0.25) is 19.1 Å². The molecule has 1 saturated heterocycles. The number of aromatic nitrogens is 2. The molecule has 1 fully saturated rings. The molecule has 1 aromatic heterocycles. The summed E-state index contributed by atoms with van der Waals surface area (Å²) in [5.74, 6) is -1.47. The number of nitrogens with one attached hydrogen (secondary N) is 2. The van der Waals surface area contributed by atoms with Crippen LogP contribution in [0.25, 0.3) is 11.3 Å². The molecule has 3 amide bonds. The number of carbonyl (C=O) groups is 3. The number of hydrogen-bond donors (Lipinski definition) is 2. The highest BCUT2D eigenvalue weighted by Crippen LogP contribution is 2.30. The monoisotopic (exact) mass is 497 g/mol. The van der Waals surface area contributed by atoms with Crippen LogP contribution in [0.15, 0.2) is 48.7 Å². The van der Waals surface area contributed by atoms with E-state index in [9.17, 15) is 18.8 Å². The number of anilines is 1. The van der Waals surface area contributed by atoms with Gasteiger partial charge in [0.25, 0.3) is 11.8 Å². The maximum atomic E-state index is 13.5. The van der Waals surface area contributed by atoms with E-state index in [0.29, 0.717) is 35.6 Å². The van der Waals surface area contributed by atoms with Crippen molar-refractivity contribution in [3.63, 3.8) is 0 Å². The summed E-state index contributed by atoms with van der Waals surface area (Å²) < 4.78 is 15.3. The van der Waals surface area contributed by atoms with Gasteiger partial charge in [0.05, 0.1) is 40.1 Å². The molecule has 0 bridgehead atoms. The Labute approximate surface area is 207 Å². The highest BCUT2D eigenvalue weighted by Gasteiger charge is 2.27. The molecular formula is C25H25ClFN5O3. The fourth-order valence-electron chi connectivity index (χ4n) is 3.86. The summed E-state index contributed by atoms with van der Waals surface area (Å²) in [5, 5.41) is 10.1. The Kier molecular flexibility index (Phi) is 6.62. The third-order valence-electron chi connectivity index (χ3n) is 5.55. The molecule has 0 aliphatic carbocycles. The van der Waals surface area contributed by atoms with Gasteiger partial charge in [0.2, 0.25) is 5.91 Å². The highest BCUT2D eigenvalue weighted by atomic mass is 35.5. The van der Waals surface area contributed by atoms with Crippen molar-refractivity contribution in [1.29, 1.82) is 0 Å². The zero-order chi connectivity index (χ0) is 25.3. The quantitative estimate of drug-likeness (QED) is 0.571. The van der Waals surface area contributed by atoms with Crippen LogP contribution in [0, 0.1) is 5.82 Å². The highest BCUT2D eigenvalue weighted by molar-refractivity contribution is 6.34. The maximum Gasteiger partial charge on any atom is 0.259 e. The minimum absolute atomic E-state index is 0.0568. The number of rotatable bonds is 4. The Balaban J connectivity index is 1.65. The van der Waals surface area contributed by atoms with Crippen molar-refractivity contribution in [3.8, 4) is 11.3 Å². The Morgan fingerprint density at radius 3 is 2.49 bits per heavy atom. The van der Waals surface area contributed by atoms with E-state index in [1.54, 1.807) is 22.9 Å². The lowest BCUT2D eigenvalue weighted by atomic mass is 10.0. The van der Waals surface area contributed by atoms with Gasteiger partial charge in [-0.2, -0.15) is 5.10 Å². The van der Waals surface area contributed by atoms with Crippen molar-refractivity contribution in [3.05, 3.63) is 70.6 Å². The van der Waals surface area contributed by atoms with E-state index in [-0.39, 0.29) is 28.9 Å². The normalized spacial score (nSPS) is 14.0. The van der Waals surface area contributed by atoms with Gasteiger partial charge in [-0.25, -0.2) is 4.39 Å². The second kappa shape index (κ2) is 9.50. The van der Waals surface area contributed by atoms with Crippen LogP contribution < -0.4 is 10.6 Å². The van der Waals surface area contributed by atoms with Gasteiger partial charge in [0.1, 0.15) is 5.82 Å². The predicted octanol–water partition coefficient (Wildman–Crippen LogP) is 3.92. The van der Waals surface area contributed by atoms with E-state index >= 15 is 0 Å². The maximum absolute atomic E-state index is 13.5. The molecule has 1 aliphatic heterocycles. The molecule has 1 aliphatic rings. The molecule has 2 aromatic carbocycles. The van der Waals surface area contributed by atoms with Gasteiger partial charge in [-0.15, -0.1) is 0 Å². The van der Waals surface area contributed by atoms with Crippen LogP contribution in [0.1, 0.15) is 41.5 Å². The van der Waals surface area contributed by atoms with Crippen molar-refractivity contribution in [2.45, 2.75) is 26.3 Å². The van der Waals surface area contributed by atoms with E-state index in [4.69, 9.17) is 11.6 Å². The zero-order valence-corrected chi connectivity index (χ0v) is 20.3. The van der Waals surface area contributed by atoms with Crippen LogP contribution in [-0.4, -0.2) is 52.0 Å². The molecule has 2 N–H and O–H groups in total. The lowest BCUT2D eigenvalue weighted by molar-refractivity contribution is -0.123. The third-order valence-corrected chi connectivity index (χ3v) is 5.88. The average Bonchev–Trinajstić information content (AvgIpc) is 3.26. The lowest BCUT2D eigenvalue weighted by Gasteiger charge is -2.27. The average molecular weight is 498 g/mol. The Bertz CT molecular complexity index is 1300. The first kappa shape index (κ1) is 24.4. The molecule has 0 spiro atoms. The zero-order valence-electron chi connectivity index (χ0n) is 19.6. The van der Waals surface area contributed by atoms with Crippen LogP contribution in [0.3, 0.4) is 0 Å². The van der Waals surface area contributed by atoms with E-state index in [1.807, 2.05) is 20.8 Å². The summed E-state index contributed by atoms with van der Waals surface area (Å²) in [6.45, 7) is 6.53. The SMILES string of the molecule is CC(C)(C)n1ncc(C(=O)Nc2ccc(Cl)c(C(=O)N3CCNC(=O)C3)c2)c1-c1ccc(F)cc1. The first-order valence-electron chi connectivity index (χ1n) is 11.1. The molecule has 0 saturated carbocycles. The molecular weight excluding hydrogens is 473 g/mol. The van der Waals surface area contributed by atoms with Crippen LogP contribution in [-0.2, 0) is 10.3 Å². The summed E-state index contributed by atoms with van der Waals surface area (Å²) in [7, 11) is 0. The van der Waals surface area contributed by atoms with Gasteiger partial charge in [0.15, 0.2) is 0 Å². The largest absolute Gasteiger partial charge is 0.353 e. The number of piperazine rings is 1. The molecule has 10 heteroatoms. The summed E-state index contributed by atoms with van der Waals surface area (Å²) in [4.78, 5) is 39.4. The van der Waals surface area contributed by atoms with Gasteiger partial charge in [-0.1, -0.05) is 11.6 Å². The minimum atomic E-state index is -0.446. The summed E-state index contributed by atoms with van der Waals surface area (Å²) in [5.41, 5.74) is 1.57. The number of hydrogen-bond acceptors (Lipinski definition) is 4. The van der Waals surface area contributed by atoms with Gasteiger partial charge in [-0.05, 0) is 63.2 Å². The van der Waals surface area contributed by atoms with Gasteiger partial charge < -0.3 is 15.5 Å². The molecule has 0 unspecified atom stereocenters. The van der Waals surface area contributed by atoms with Crippen LogP contribution in [0.4, 0.5) is 10.1 Å². The third kappa shape index (κ3) is 5.19. The summed E-state index contributed by atoms with van der Waals surface area (Å²) in [6.07, 6.45) is 1.47. The smallest absolute Gasteiger partial charge is 0.259 e. The van der Waals surface area contributed by atoms with Crippen LogP contribution in [0.5, 0.6) is 0 Å². The standard InChI is InChI=1S/C25H25ClFN5O3/c1-25(2,3)32-22(15-4-6-16(27)7-5-15)19(13-29-32)23(34)30-17-8-9-20(26)18(12-17)24(35)31-11-10-28-21(33)14-31/h4-9,12-13H,10-11,14H2,1-3H3,(H,28,33)(H,30,34). The first-order chi connectivity index (χ1) is 16.5. The predicted molar refractivity (Wildman–Crippen MR) is 131 cm³/mol.